The highest BCUT2D eigenvalue weighted by Crippen LogP contribution is 2.23. The Labute approximate surface area is 126 Å². The minimum atomic E-state index is -0.941. The van der Waals surface area contributed by atoms with Crippen LogP contribution in [0.1, 0.15) is 20.7 Å². The van der Waals surface area contributed by atoms with E-state index < -0.39 is 17.6 Å². The van der Waals surface area contributed by atoms with E-state index >= 15 is 0 Å². The average Bonchev–Trinajstić information content (AvgIpc) is 2.53. The van der Waals surface area contributed by atoms with E-state index in [1.54, 1.807) is 30.3 Å². The van der Waals surface area contributed by atoms with Gasteiger partial charge in [-0.25, -0.2) is 4.39 Å². The first-order valence-electron chi connectivity index (χ1n) is 6.38. The van der Waals surface area contributed by atoms with Crippen LogP contribution in [-0.2, 0) is 0 Å². The summed E-state index contributed by atoms with van der Waals surface area (Å²) in [6, 6.07) is 13.9. The van der Waals surface area contributed by atoms with Gasteiger partial charge in [-0.05, 0) is 24.3 Å². The molecule has 5 nitrogen and oxygen atoms in total. The van der Waals surface area contributed by atoms with Gasteiger partial charge in [-0.1, -0.05) is 24.3 Å². The van der Waals surface area contributed by atoms with Crippen LogP contribution >= 0.6 is 0 Å². The molecule has 0 aliphatic carbocycles. The summed E-state index contributed by atoms with van der Waals surface area (Å²) < 4.78 is 14.4. The standard InChI is InChI=1S/C16H12FN3O2/c17-14-12(15(19)21)7-4-8-13(14)20(10-9-18)16(22)11-5-2-1-3-6-11/h1-8H,10H2,(H2,19,21). The first-order chi connectivity index (χ1) is 10.6. The van der Waals surface area contributed by atoms with Crippen LogP contribution in [0.15, 0.2) is 48.5 Å². The first kappa shape index (κ1) is 15.2. The minimum absolute atomic E-state index is 0.160. The molecule has 2 N–H and O–H groups in total. The van der Waals surface area contributed by atoms with Gasteiger partial charge in [-0.2, -0.15) is 5.26 Å². The van der Waals surface area contributed by atoms with E-state index in [0.29, 0.717) is 5.56 Å². The van der Waals surface area contributed by atoms with Crippen LogP contribution in [0.3, 0.4) is 0 Å². The van der Waals surface area contributed by atoms with Crippen LogP contribution < -0.4 is 10.6 Å². The Kier molecular flexibility index (Phi) is 4.49. The number of carbonyl (C=O) groups excluding carboxylic acids is 2. The van der Waals surface area contributed by atoms with Gasteiger partial charge < -0.3 is 5.73 Å². The maximum atomic E-state index is 14.4. The maximum absolute atomic E-state index is 14.4. The Morgan fingerprint density at radius 1 is 1.14 bits per heavy atom. The summed E-state index contributed by atoms with van der Waals surface area (Å²) in [6.45, 7) is -0.354. The third kappa shape index (κ3) is 2.94. The predicted octanol–water partition coefficient (Wildman–Crippen LogP) is 2.09. The summed E-state index contributed by atoms with van der Waals surface area (Å²) in [5, 5.41) is 8.91. The number of nitrogens with two attached hydrogens (primary N) is 1. The molecular weight excluding hydrogens is 285 g/mol. The van der Waals surface area contributed by atoms with Crippen molar-refractivity contribution in [2.24, 2.45) is 5.73 Å². The number of anilines is 1. The average molecular weight is 297 g/mol. The Hall–Kier alpha value is -3.20. The van der Waals surface area contributed by atoms with E-state index in [1.165, 1.54) is 18.2 Å². The largest absolute Gasteiger partial charge is 0.366 e. The van der Waals surface area contributed by atoms with Crippen molar-refractivity contribution in [1.29, 1.82) is 5.26 Å². The van der Waals surface area contributed by atoms with Gasteiger partial charge in [-0.3, -0.25) is 14.5 Å². The van der Waals surface area contributed by atoms with Crippen LogP contribution in [0.2, 0.25) is 0 Å². The van der Waals surface area contributed by atoms with E-state index in [0.717, 1.165) is 4.90 Å². The van der Waals surface area contributed by atoms with Gasteiger partial charge in [0.05, 0.1) is 17.3 Å². The molecule has 0 aliphatic heterocycles. The van der Waals surface area contributed by atoms with Crippen LogP contribution in [0.4, 0.5) is 10.1 Å². The molecule has 0 saturated heterocycles. The highest BCUT2D eigenvalue weighted by molar-refractivity contribution is 6.07. The van der Waals surface area contributed by atoms with Crippen molar-refractivity contribution in [2.75, 3.05) is 11.4 Å². The molecule has 110 valence electrons. The van der Waals surface area contributed by atoms with Gasteiger partial charge in [0, 0.05) is 5.56 Å². The molecule has 0 fully saturated rings. The molecule has 2 rings (SSSR count). The van der Waals surface area contributed by atoms with Crippen molar-refractivity contribution in [2.45, 2.75) is 0 Å². The molecule has 22 heavy (non-hydrogen) atoms. The molecule has 0 unspecified atom stereocenters. The molecular formula is C16H12FN3O2. The van der Waals surface area contributed by atoms with Crippen LogP contribution in [0.5, 0.6) is 0 Å². The van der Waals surface area contributed by atoms with E-state index in [9.17, 15) is 14.0 Å². The first-order valence-corrected chi connectivity index (χ1v) is 6.38. The number of nitriles is 1. The van der Waals surface area contributed by atoms with E-state index in [2.05, 4.69) is 0 Å². The lowest BCUT2D eigenvalue weighted by atomic mass is 10.1. The van der Waals surface area contributed by atoms with Gasteiger partial charge in [0.1, 0.15) is 6.54 Å². The number of rotatable bonds is 4. The maximum Gasteiger partial charge on any atom is 0.259 e. The summed E-state index contributed by atoms with van der Waals surface area (Å²) in [4.78, 5) is 24.6. The number of amides is 2. The summed E-state index contributed by atoms with van der Waals surface area (Å²) >= 11 is 0. The molecule has 2 aromatic rings. The lowest BCUT2D eigenvalue weighted by Gasteiger charge is -2.21. The topological polar surface area (TPSA) is 87.2 Å². The zero-order chi connectivity index (χ0) is 16.1. The second kappa shape index (κ2) is 6.50. The smallest absolute Gasteiger partial charge is 0.259 e. The van der Waals surface area contributed by atoms with Crippen LogP contribution in [-0.4, -0.2) is 18.4 Å². The number of hydrogen-bond donors (Lipinski definition) is 1. The van der Waals surface area contributed by atoms with Crippen LogP contribution in [0, 0.1) is 17.1 Å². The molecule has 0 radical (unpaired) electrons. The molecule has 0 aliphatic rings. The third-order valence-electron chi connectivity index (χ3n) is 3.03. The van der Waals surface area contributed by atoms with Crippen LogP contribution in [0.25, 0.3) is 0 Å². The Morgan fingerprint density at radius 2 is 1.82 bits per heavy atom. The molecule has 0 bridgehead atoms. The van der Waals surface area contributed by atoms with Crippen molar-refractivity contribution in [3.63, 3.8) is 0 Å². The minimum Gasteiger partial charge on any atom is -0.366 e. The fourth-order valence-corrected chi connectivity index (χ4v) is 1.99. The summed E-state index contributed by atoms with van der Waals surface area (Å²) in [6.07, 6.45) is 0. The Balaban J connectivity index is 2.50. The molecule has 6 heteroatoms. The van der Waals surface area contributed by atoms with Crippen molar-refractivity contribution < 1.29 is 14.0 Å². The highest BCUT2D eigenvalue weighted by atomic mass is 19.1. The number of primary amides is 1. The highest BCUT2D eigenvalue weighted by Gasteiger charge is 2.23. The molecule has 0 aromatic heterocycles. The zero-order valence-electron chi connectivity index (χ0n) is 11.5. The normalized spacial score (nSPS) is 9.82. The second-order valence-corrected chi connectivity index (χ2v) is 4.42. The number of halogens is 1. The summed E-state index contributed by atoms with van der Waals surface area (Å²) in [5.74, 6) is -2.40. The van der Waals surface area contributed by atoms with Crippen molar-refractivity contribution in [1.82, 2.24) is 0 Å². The van der Waals surface area contributed by atoms with Gasteiger partial charge in [0.2, 0.25) is 0 Å². The van der Waals surface area contributed by atoms with Gasteiger partial charge in [0.25, 0.3) is 11.8 Å². The quantitative estimate of drug-likeness (QED) is 0.876. The van der Waals surface area contributed by atoms with Gasteiger partial charge in [-0.15, -0.1) is 0 Å². The van der Waals surface area contributed by atoms with Crippen molar-refractivity contribution in [3.8, 4) is 6.07 Å². The molecule has 2 aromatic carbocycles. The molecule has 2 amide bonds. The molecule has 0 heterocycles. The fraction of sp³-hybridized carbons (Fsp3) is 0.0625. The third-order valence-corrected chi connectivity index (χ3v) is 3.03. The van der Waals surface area contributed by atoms with Crippen molar-refractivity contribution >= 4 is 17.5 Å². The van der Waals surface area contributed by atoms with Gasteiger partial charge >= 0.3 is 0 Å². The lowest BCUT2D eigenvalue weighted by molar-refractivity contribution is 0.0979. The molecule has 0 atom stereocenters. The fourth-order valence-electron chi connectivity index (χ4n) is 1.99. The van der Waals surface area contributed by atoms with E-state index in [4.69, 9.17) is 11.0 Å². The monoisotopic (exact) mass is 297 g/mol. The molecule has 0 saturated carbocycles. The second-order valence-electron chi connectivity index (χ2n) is 4.42. The predicted molar refractivity (Wildman–Crippen MR) is 78.6 cm³/mol. The Morgan fingerprint density at radius 3 is 2.41 bits per heavy atom. The lowest BCUT2D eigenvalue weighted by Crippen LogP contribution is -2.32. The van der Waals surface area contributed by atoms with Crippen molar-refractivity contribution in [3.05, 3.63) is 65.5 Å². The number of benzene rings is 2. The molecule has 0 spiro atoms. The van der Waals surface area contributed by atoms with E-state index in [-0.39, 0.29) is 17.8 Å². The zero-order valence-corrected chi connectivity index (χ0v) is 11.5. The summed E-state index contributed by atoms with van der Waals surface area (Å²) in [7, 11) is 0. The summed E-state index contributed by atoms with van der Waals surface area (Å²) in [5.41, 5.74) is 4.91. The number of hydrogen-bond acceptors (Lipinski definition) is 3. The Bertz CT molecular complexity index is 754. The number of nitrogens with zero attached hydrogens (tertiary/aromatic N) is 2. The number of carbonyl (C=O) groups is 2. The van der Waals surface area contributed by atoms with E-state index in [1.807, 2.05) is 6.07 Å². The SMILES string of the molecule is N#CCN(C(=O)c1ccccc1)c1cccc(C(N)=O)c1F. The van der Waals surface area contributed by atoms with Gasteiger partial charge in [0.15, 0.2) is 5.82 Å².